The summed E-state index contributed by atoms with van der Waals surface area (Å²) in [6.07, 6.45) is -28.4. The Morgan fingerprint density at radius 2 is 0.415 bits per heavy atom. The zero-order chi connectivity index (χ0) is 58.8. The molecule has 12 fully saturated rings. The Morgan fingerprint density at radius 1 is 0.232 bits per heavy atom. The third-order valence-corrected chi connectivity index (χ3v) is 18.8. The Labute approximate surface area is 488 Å². The fourth-order valence-electron chi connectivity index (χ4n) is 12.6. The highest BCUT2D eigenvalue weighted by atomic mass is 33.1. The topological polar surface area (TPSA) is 258 Å². The summed E-state index contributed by atoms with van der Waals surface area (Å²) in [6.45, 7) is 0.107. The van der Waals surface area contributed by atoms with Gasteiger partial charge in [-0.1, -0.05) is 21.6 Å². The molecule has 0 spiro atoms. The van der Waals surface area contributed by atoms with Gasteiger partial charge in [-0.2, -0.15) is 0 Å². The molecular formula is C52H90O28S2. The van der Waals surface area contributed by atoms with Crippen molar-refractivity contribution in [1.82, 2.24) is 0 Å². The lowest BCUT2D eigenvalue weighted by molar-refractivity contribution is -0.407. The van der Waals surface area contributed by atoms with E-state index in [1.807, 2.05) is 0 Å². The van der Waals surface area contributed by atoms with Crippen molar-refractivity contribution in [2.45, 2.75) is 184 Å². The van der Waals surface area contributed by atoms with Crippen LogP contribution in [0.5, 0.6) is 0 Å². The van der Waals surface area contributed by atoms with E-state index in [1.165, 1.54) is 64.2 Å². The summed E-state index contributed by atoms with van der Waals surface area (Å²) in [6, 6.07) is 0. The summed E-state index contributed by atoms with van der Waals surface area (Å²) in [5, 5.41) is 0. The number of rotatable bonds is 20. The van der Waals surface area contributed by atoms with E-state index < -0.39 is 184 Å². The van der Waals surface area contributed by atoms with Crippen LogP contribution in [0.2, 0.25) is 0 Å². The summed E-state index contributed by atoms with van der Waals surface area (Å²) in [7, 11) is 27.7. The van der Waals surface area contributed by atoms with Gasteiger partial charge >= 0.3 is 0 Å². The summed E-state index contributed by atoms with van der Waals surface area (Å²) in [4.78, 5) is 0. The lowest BCUT2D eigenvalue weighted by Crippen LogP contribution is -2.70. The molecule has 478 valence electrons. The van der Waals surface area contributed by atoms with Crippen LogP contribution in [0.15, 0.2) is 0 Å². The highest BCUT2D eigenvalue weighted by Crippen LogP contribution is 2.44. The van der Waals surface area contributed by atoms with Gasteiger partial charge in [-0.3, -0.25) is 0 Å². The standard InChI is InChI=1S/C52H90O28S2/c1-53-17-23-29-35(57-5)43(65-13)49(71-23)79-33-27-21-81-82-22-28-34(40(62-10)46(68-16)52(74-28)77-31-25(19-55-3)69-47(75-29)41(63-11)37(31)59-7)80-50-44(66-14)36(58-6)30(24(72-50)18-54-2)76-48-42(64-12)38(60-8)32(26(70-48)20-56-4)78-51(73-27)45(67-15)39(33)61-9/h23-52H,17-22H2,1-16H3/t23-,24-,25-,26-,27-,28-,29-,30-,31-,32-,33-,34-,35+,36+,37+,38+,39+,40+,41-,42-,43-,44-,45-,46-,47-,48-,49-,50-,51-,52-/m1/s1. The van der Waals surface area contributed by atoms with E-state index >= 15 is 0 Å². The highest BCUT2D eigenvalue weighted by molar-refractivity contribution is 8.76. The van der Waals surface area contributed by atoms with E-state index in [0.29, 0.717) is 0 Å². The molecule has 30 heteroatoms. The number of hydrogen-bond acceptors (Lipinski definition) is 30. The molecular weight excluding hydrogens is 1140 g/mol. The second kappa shape index (κ2) is 32.4. The van der Waals surface area contributed by atoms with Gasteiger partial charge < -0.3 is 133 Å². The summed E-state index contributed by atoms with van der Waals surface area (Å²) >= 11 is 0. The van der Waals surface area contributed by atoms with Crippen LogP contribution in [0, 0.1) is 0 Å². The van der Waals surface area contributed by atoms with Gasteiger partial charge in [0.25, 0.3) is 0 Å². The van der Waals surface area contributed by atoms with Gasteiger partial charge in [0.1, 0.15) is 134 Å². The van der Waals surface area contributed by atoms with Gasteiger partial charge in [-0.15, -0.1) is 0 Å². The maximum Gasteiger partial charge on any atom is 0.187 e. The van der Waals surface area contributed by atoms with Crippen molar-refractivity contribution in [2.24, 2.45) is 0 Å². The molecule has 0 aromatic rings. The number of hydrogen-bond donors (Lipinski definition) is 0. The lowest BCUT2D eigenvalue weighted by atomic mass is 9.94. The van der Waals surface area contributed by atoms with E-state index in [4.69, 9.17) is 133 Å². The molecule has 0 amide bonds. The number of ether oxygens (including phenoxy) is 28. The summed E-state index contributed by atoms with van der Waals surface area (Å²) < 4.78 is 183. The number of fused-ring (bicyclic) bond motifs is 4. The van der Waals surface area contributed by atoms with Gasteiger partial charge in [-0.25, -0.2) is 0 Å². The fourth-order valence-corrected chi connectivity index (χ4v) is 15.0. The van der Waals surface area contributed by atoms with Crippen molar-refractivity contribution in [1.29, 1.82) is 0 Å². The molecule has 0 aromatic heterocycles. The van der Waals surface area contributed by atoms with Gasteiger partial charge in [0.05, 0.1) is 38.6 Å². The van der Waals surface area contributed by atoms with Crippen molar-refractivity contribution < 1.29 is 133 Å². The van der Waals surface area contributed by atoms with Crippen LogP contribution in [0.4, 0.5) is 0 Å². The molecule has 0 saturated carbocycles. The Morgan fingerprint density at radius 3 is 0.610 bits per heavy atom. The maximum atomic E-state index is 7.16. The van der Waals surface area contributed by atoms with Gasteiger partial charge in [0.15, 0.2) is 37.7 Å². The lowest BCUT2D eigenvalue weighted by Gasteiger charge is -2.53. The predicted octanol–water partition coefficient (Wildman–Crippen LogP) is -0.179. The minimum atomic E-state index is -1.15. The van der Waals surface area contributed by atoms with Crippen LogP contribution in [-0.4, -0.2) is 336 Å². The first-order valence-electron chi connectivity index (χ1n) is 27.4. The van der Waals surface area contributed by atoms with Gasteiger partial charge in [-0.05, 0) is 0 Å². The van der Waals surface area contributed by atoms with E-state index in [1.54, 1.807) is 71.1 Å². The molecule has 12 aliphatic rings. The Hall–Kier alpha value is -0.420. The molecule has 28 nitrogen and oxygen atoms in total. The maximum absolute atomic E-state index is 7.16. The molecule has 0 aromatic carbocycles. The minimum Gasteiger partial charge on any atom is -0.382 e. The Balaban J connectivity index is 1.29. The number of methoxy groups -OCH3 is 16. The van der Waals surface area contributed by atoms with Crippen molar-refractivity contribution in [3.05, 3.63) is 0 Å². The molecule has 12 aliphatic heterocycles. The predicted molar refractivity (Wildman–Crippen MR) is 283 cm³/mol. The molecule has 82 heavy (non-hydrogen) atoms. The normalized spacial score (nSPS) is 47.7. The molecule has 12 rings (SSSR count). The monoisotopic (exact) mass is 1230 g/mol. The van der Waals surface area contributed by atoms with E-state index in [2.05, 4.69) is 0 Å². The zero-order valence-corrected chi connectivity index (χ0v) is 51.4. The van der Waals surface area contributed by atoms with Gasteiger partial charge in [0, 0.05) is 125 Å². The second-order valence-electron chi connectivity index (χ2n) is 20.7. The smallest absolute Gasteiger partial charge is 0.187 e. The Bertz CT molecular complexity index is 1710. The van der Waals surface area contributed by atoms with Crippen LogP contribution >= 0.6 is 21.6 Å². The van der Waals surface area contributed by atoms with Crippen LogP contribution in [0.1, 0.15) is 0 Å². The molecule has 12 saturated heterocycles. The molecule has 12 bridgehead atoms. The third-order valence-electron chi connectivity index (χ3n) is 16.4. The molecule has 0 radical (unpaired) electrons. The third kappa shape index (κ3) is 14.1. The van der Waals surface area contributed by atoms with Crippen LogP contribution < -0.4 is 0 Å². The fraction of sp³-hybridized carbons (Fsp3) is 1.00. The second-order valence-corrected chi connectivity index (χ2v) is 23.2. The summed E-state index contributed by atoms with van der Waals surface area (Å²) in [5.74, 6) is 0.522. The SMILES string of the molecule is COC[C@H]1O[C@@H]2O[C@H]3[C@H](OC)[C@@H](OC)[C@H]4O[C@H]5[C@H](OC)[C@@H](OC)[C@@H](O[C@H]6[C@H](OC)[C@@H](OC)[C@@H](O[C@H]7[C@H](OC)[C@@H](OC)[C@@H](O[C@H]8[C@H](OC)[C@@H](OC)[C@@H](O[C@H]1[C@H](OC)[C@H]2OC)O[C@@H]8COC)O[C@@H]7CSSC[C@H]3O4)O[C@@H]6COC)O[C@@H]5COC. The molecule has 0 aliphatic carbocycles. The largest absolute Gasteiger partial charge is 0.382 e. The van der Waals surface area contributed by atoms with Crippen LogP contribution in [0.25, 0.3) is 0 Å². The first-order chi connectivity index (χ1) is 40.0. The van der Waals surface area contributed by atoms with E-state index in [-0.39, 0.29) is 37.9 Å². The zero-order valence-electron chi connectivity index (χ0n) is 49.8. The van der Waals surface area contributed by atoms with Crippen LogP contribution in [-0.2, 0) is 133 Å². The van der Waals surface area contributed by atoms with Crippen molar-refractivity contribution in [3.8, 4) is 0 Å². The Kier molecular flexibility index (Phi) is 26.6. The van der Waals surface area contributed by atoms with Crippen LogP contribution in [0.3, 0.4) is 0 Å². The van der Waals surface area contributed by atoms with Crippen molar-refractivity contribution >= 4 is 21.6 Å². The van der Waals surface area contributed by atoms with E-state index in [9.17, 15) is 0 Å². The first-order valence-corrected chi connectivity index (χ1v) is 29.9. The molecule has 12 heterocycles. The minimum absolute atomic E-state index is 0.0268. The van der Waals surface area contributed by atoms with Crippen molar-refractivity contribution in [2.75, 3.05) is 152 Å². The van der Waals surface area contributed by atoms with E-state index in [0.717, 1.165) is 0 Å². The quantitative estimate of drug-likeness (QED) is 0.143. The first kappa shape index (κ1) is 67.5. The molecule has 0 unspecified atom stereocenters. The molecule has 30 atom stereocenters. The molecule has 0 N–H and O–H groups in total. The van der Waals surface area contributed by atoms with Crippen molar-refractivity contribution in [3.63, 3.8) is 0 Å². The van der Waals surface area contributed by atoms with Gasteiger partial charge in [0.2, 0.25) is 0 Å². The highest BCUT2D eigenvalue weighted by Gasteiger charge is 2.61. The average Bonchev–Trinajstić information content (AvgIpc) is 3.60. The summed E-state index contributed by atoms with van der Waals surface area (Å²) in [5.41, 5.74) is 0. The average molecular weight is 1230 g/mol.